The smallest absolute Gasteiger partial charge is 0.460 e. The molecule has 11 nitrogen and oxygen atoms in total. The zero-order valence-corrected chi connectivity index (χ0v) is 18.2. The van der Waals surface area contributed by atoms with Crippen LogP contribution in [0.3, 0.4) is 0 Å². The van der Waals surface area contributed by atoms with Crippen LogP contribution in [-0.2, 0) is 30.0 Å². The highest BCUT2D eigenvalue weighted by Gasteiger charge is 2.60. The predicted molar refractivity (Wildman–Crippen MR) is 110 cm³/mol. The molecule has 1 aromatic heterocycles. The Hall–Kier alpha value is -2.83. The van der Waals surface area contributed by atoms with Gasteiger partial charge in [0.05, 0.1) is 0 Å². The Morgan fingerprint density at radius 1 is 1.39 bits per heavy atom. The summed E-state index contributed by atoms with van der Waals surface area (Å²) in [7, 11) is -2.70. The molecule has 0 radical (unpaired) electrons. The molecule has 0 amide bonds. The van der Waals surface area contributed by atoms with E-state index in [1.165, 1.54) is 6.92 Å². The largest absolute Gasteiger partial charge is 0.613 e. The quantitative estimate of drug-likeness (QED) is 0.346. The van der Waals surface area contributed by atoms with Gasteiger partial charge in [-0.1, -0.05) is 35.4 Å². The van der Waals surface area contributed by atoms with Crippen LogP contribution in [0.4, 0.5) is 14.6 Å². The molecule has 0 aliphatic carbocycles. The number of nitrogens with one attached hydrogen (secondary N) is 1. The number of benzene rings is 1. The van der Waals surface area contributed by atoms with Crippen molar-refractivity contribution in [1.29, 1.82) is 0 Å². The molecular weight excluding hydrogens is 465 g/mol. The van der Waals surface area contributed by atoms with Gasteiger partial charge in [0.25, 0.3) is 0 Å². The van der Waals surface area contributed by atoms with Gasteiger partial charge in [0.1, 0.15) is 31.2 Å². The molecule has 178 valence electrons. The molecule has 1 unspecified atom stereocenters. The normalized spacial score (nSPS) is 23.2. The molecule has 1 saturated heterocycles. The minimum Gasteiger partial charge on any atom is -0.460 e. The lowest BCUT2D eigenvalue weighted by atomic mass is 10.1. The fourth-order valence-corrected chi connectivity index (χ4v) is 3.73. The van der Waals surface area contributed by atoms with Crippen molar-refractivity contribution in [3.63, 3.8) is 0 Å². The number of anilines is 1. The Morgan fingerprint density at radius 2 is 2.09 bits per heavy atom. The Balaban J connectivity index is 1.52. The third-order valence-corrected chi connectivity index (χ3v) is 5.70. The van der Waals surface area contributed by atoms with Crippen LogP contribution in [0.1, 0.15) is 18.7 Å². The molecule has 1 aliphatic rings. The van der Waals surface area contributed by atoms with Crippen LogP contribution >= 0.6 is 8.18 Å². The number of alkyl halides is 2. The summed E-state index contributed by atoms with van der Waals surface area (Å²) < 4.78 is 56.7. The van der Waals surface area contributed by atoms with Crippen molar-refractivity contribution in [1.82, 2.24) is 14.6 Å². The second-order valence-corrected chi connectivity index (χ2v) is 8.22. The number of nitrogen functional groups attached to an aromatic ring is 1. The number of nitrogens with two attached hydrogens (primary N) is 1. The van der Waals surface area contributed by atoms with E-state index in [2.05, 4.69) is 10.1 Å². The van der Waals surface area contributed by atoms with E-state index in [0.29, 0.717) is 4.57 Å². The standard InChI is InChI=1S/C19H21F2N4O7P/c1-11(16(27)30-9-12-5-3-2-4-6-12)24-33(29)31-10-13-15(26)19(20,21)17(32-13)25-8-7-14(22)23-18(25)28/h2-8,11,13,15,17,26H,9-10H2,1H3,(H2-,22,23,24,28,29)/p+1/t11-,13+,15+,17+/m0/s1. The molecule has 0 spiro atoms. The zero-order valence-electron chi connectivity index (χ0n) is 17.3. The lowest BCUT2D eigenvalue weighted by Crippen LogP contribution is -2.42. The van der Waals surface area contributed by atoms with Crippen LogP contribution < -0.4 is 16.5 Å². The van der Waals surface area contributed by atoms with Crippen molar-refractivity contribution in [2.45, 2.75) is 43.9 Å². The Labute approximate surface area is 187 Å². The second kappa shape index (κ2) is 10.4. The molecule has 0 saturated carbocycles. The molecule has 1 fully saturated rings. The van der Waals surface area contributed by atoms with Gasteiger partial charge in [-0.3, -0.25) is 9.36 Å². The third kappa shape index (κ3) is 5.95. The summed E-state index contributed by atoms with van der Waals surface area (Å²) in [5, 5.41) is 12.3. The summed E-state index contributed by atoms with van der Waals surface area (Å²) in [6, 6.07) is 8.99. The van der Waals surface area contributed by atoms with Crippen LogP contribution in [0.15, 0.2) is 47.4 Å². The number of nitrogens with zero attached hydrogens (tertiary/aromatic N) is 2. The molecule has 4 N–H and O–H groups in total. The summed E-state index contributed by atoms with van der Waals surface area (Å²) >= 11 is 0. The minimum absolute atomic E-state index is 0.0152. The fourth-order valence-electron chi connectivity index (χ4n) is 2.95. The van der Waals surface area contributed by atoms with Gasteiger partial charge in [0.15, 0.2) is 6.10 Å². The van der Waals surface area contributed by atoms with E-state index in [-0.39, 0.29) is 12.4 Å². The van der Waals surface area contributed by atoms with E-state index >= 15 is 0 Å². The average molecular weight is 487 g/mol. The van der Waals surface area contributed by atoms with E-state index in [0.717, 1.165) is 17.8 Å². The number of aromatic nitrogens is 2. The second-order valence-electron chi connectivity index (χ2n) is 7.19. The Kier molecular flexibility index (Phi) is 7.82. The first-order chi connectivity index (χ1) is 15.6. The van der Waals surface area contributed by atoms with Gasteiger partial charge in [-0.25, -0.2) is 4.79 Å². The number of rotatable bonds is 9. The van der Waals surface area contributed by atoms with Gasteiger partial charge in [0.2, 0.25) is 6.23 Å². The zero-order chi connectivity index (χ0) is 24.2. The highest BCUT2D eigenvalue weighted by molar-refractivity contribution is 7.36. The van der Waals surface area contributed by atoms with Crippen LogP contribution in [0, 0.1) is 0 Å². The number of hydrogen-bond acceptors (Lipinski definition) is 9. The van der Waals surface area contributed by atoms with Gasteiger partial charge < -0.3 is 20.3 Å². The first kappa shape index (κ1) is 24.8. The Bertz CT molecular complexity index is 1060. The van der Waals surface area contributed by atoms with E-state index in [1.54, 1.807) is 24.3 Å². The molecule has 2 heterocycles. The van der Waals surface area contributed by atoms with Gasteiger partial charge >= 0.3 is 25.8 Å². The van der Waals surface area contributed by atoms with Crippen molar-refractivity contribution < 1.29 is 37.2 Å². The molecule has 14 heteroatoms. The summed E-state index contributed by atoms with van der Waals surface area (Å²) in [5.41, 5.74) is 5.01. The Morgan fingerprint density at radius 3 is 2.76 bits per heavy atom. The monoisotopic (exact) mass is 487 g/mol. The van der Waals surface area contributed by atoms with E-state index in [9.17, 15) is 28.0 Å². The molecule has 2 aromatic rings. The summed E-state index contributed by atoms with van der Waals surface area (Å²) in [6.45, 7) is 0.690. The predicted octanol–water partition coefficient (Wildman–Crippen LogP) is 1.11. The van der Waals surface area contributed by atoms with Gasteiger partial charge in [0, 0.05) is 6.20 Å². The number of halogens is 2. The van der Waals surface area contributed by atoms with Crippen molar-refractivity contribution in [3.8, 4) is 0 Å². The number of ether oxygens (including phenoxy) is 2. The van der Waals surface area contributed by atoms with E-state index in [1.807, 2.05) is 6.07 Å². The molecule has 1 aromatic carbocycles. The topological polar surface area (TPSA) is 155 Å². The van der Waals surface area contributed by atoms with Gasteiger partial charge in [-0.15, -0.1) is 4.52 Å². The molecule has 33 heavy (non-hydrogen) atoms. The number of carbonyl (C=O) groups excluding carboxylic acids is 1. The van der Waals surface area contributed by atoms with E-state index < -0.39 is 56.8 Å². The maximum absolute atomic E-state index is 14.5. The highest BCUT2D eigenvalue weighted by Crippen LogP contribution is 2.42. The highest BCUT2D eigenvalue weighted by atomic mass is 31.1. The number of carbonyl (C=O) groups is 1. The van der Waals surface area contributed by atoms with Crippen molar-refractivity contribution >= 4 is 20.0 Å². The van der Waals surface area contributed by atoms with Crippen LogP contribution in [0.5, 0.6) is 0 Å². The van der Waals surface area contributed by atoms with E-state index in [4.69, 9.17) is 19.7 Å². The molecule has 3 rings (SSSR count). The average Bonchev–Trinajstić information content (AvgIpc) is 3.00. The minimum atomic E-state index is -3.87. The fraction of sp³-hybridized carbons (Fsp3) is 0.421. The van der Waals surface area contributed by atoms with Crippen molar-refractivity contribution in [3.05, 3.63) is 58.6 Å². The lowest BCUT2D eigenvalue weighted by Gasteiger charge is -2.20. The van der Waals surface area contributed by atoms with Gasteiger partial charge in [-0.2, -0.15) is 13.8 Å². The van der Waals surface area contributed by atoms with Crippen molar-refractivity contribution in [2.75, 3.05) is 12.3 Å². The molecule has 5 atom stereocenters. The summed E-state index contributed by atoms with van der Waals surface area (Å²) in [6.07, 6.45) is -5.18. The lowest BCUT2D eigenvalue weighted by molar-refractivity contribution is -0.146. The number of hydrogen-bond donors (Lipinski definition) is 3. The number of esters is 1. The number of aliphatic hydroxyl groups excluding tert-OH is 1. The van der Waals surface area contributed by atoms with Crippen LogP contribution in [0.25, 0.3) is 0 Å². The molecule has 1 aliphatic heterocycles. The maximum atomic E-state index is 14.5. The SMILES string of the molecule is C[C@H](N[P+](=O)OC[C@H]1O[C@@H](n2ccc(N)nc2=O)C(F)(F)[C@@H]1O)C(=O)OCc1ccccc1. The van der Waals surface area contributed by atoms with Gasteiger partial charge in [-0.05, 0) is 23.1 Å². The first-order valence-corrected chi connectivity index (χ1v) is 10.9. The summed E-state index contributed by atoms with van der Waals surface area (Å²) in [5.74, 6) is -4.74. The summed E-state index contributed by atoms with van der Waals surface area (Å²) in [4.78, 5) is 27.2. The maximum Gasteiger partial charge on any atom is 0.613 e. The number of aliphatic hydroxyl groups is 1. The molecule has 0 bridgehead atoms. The van der Waals surface area contributed by atoms with Crippen LogP contribution in [-0.4, -0.2) is 51.4 Å². The third-order valence-electron chi connectivity index (χ3n) is 4.72. The van der Waals surface area contributed by atoms with Crippen molar-refractivity contribution in [2.24, 2.45) is 0 Å². The molecular formula is C19H22F2N4O7P+. The van der Waals surface area contributed by atoms with Crippen LogP contribution in [0.2, 0.25) is 0 Å². The first-order valence-electron chi connectivity index (χ1n) is 9.72.